The third-order valence-corrected chi connectivity index (χ3v) is 8.68. The molecule has 2 aliphatic rings. The van der Waals surface area contributed by atoms with Crippen LogP contribution in [0.4, 0.5) is 0 Å². The van der Waals surface area contributed by atoms with Crippen LogP contribution in [0.1, 0.15) is 77.1 Å². The first-order valence-corrected chi connectivity index (χ1v) is 13.7. The summed E-state index contributed by atoms with van der Waals surface area (Å²) in [6.07, 6.45) is 0. The first kappa shape index (κ1) is 28.2. The van der Waals surface area contributed by atoms with Crippen molar-refractivity contribution in [2.24, 2.45) is 0 Å². The number of aryl methyl sites for hydroxylation is 2. The fraction of sp³-hybridized carbons (Fsp3) is 0.212. The van der Waals surface area contributed by atoms with Crippen molar-refractivity contribution in [3.63, 3.8) is 0 Å². The third-order valence-electron chi connectivity index (χ3n) is 8.28. The smallest absolute Gasteiger partial charge is 0.203 e. The Balaban J connectivity index is 1.84. The number of carbonyl (C=O) groups is 2. The molecule has 0 bridgehead atoms. The van der Waals surface area contributed by atoms with Gasteiger partial charge < -0.3 is 34.6 Å². The van der Waals surface area contributed by atoms with E-state index in [0.29, 0.717) is 11.1 Å². The minimum Gasteiger partial charge on any atom is -0.507 e. The number of phenols is 4. The summed E-state index contributed by atoms with van der Waals surface area (Å²) in [5, 5.41) is 43.9. The Kier molecular flexibility index (Phi) is 6.47. The molecule has 0 saturated carbocycles. The summed E-state index contributed by atoms with van der Waals surface area (Å²) in [5.41, 5.74) is 2.82. The van der Waals surface area contributed by atoms with E-state index in [1.165, 1.54) is 27.4 Å². The predicted molar refractivity (Wildman–Crippen MR) is 157 cm³/mol. The van der Waals surface area contributed by atoms with Crippen LogP contribution >= 0.6 is 11.6 Å². The predicted octanol–water partition coefficient (Wildman–Crippen LogP) is 5.86. The molecule has 4 N–H and O–H groups in total. The SMILES string of the molecule is COc1cc(C)cc2c1C(=O)c1c(cc(O)c(OC)c1O)[C@@H]2[C@@H]1c2cc(C)cc(OC)c2C(=O)c2c(O)cc(O)c(Cl)c21. The minimum absolute atomic E-state index is 0.121. The highest BCUT2D eigenvalue weighted by Crippen LogP contribution is 2.59. The van der Waals surface area contributed by atoms with E-state index in [4.69, 9.17) is 25.8 Å². The van der Waals surface area contributed by atoms with E-state index in [9.17, 15) is 30.0 Å². The van der Waals surface area contributed by atoms with Gasteiger partial charge in [-0.1, -0.05) is 23.7 Å². The van der Waals surface area contributed by atoms with Crippen LogP contribution in [0, 0.1) is 13.8 Å². The lowest BCUT2D eigenvalue weighted by Gasteiger charge is -2.39. The summed E-state index contributed by atoms with van der Waals surface area (Å²) < 4.78 is 16.5. The number of carbonyl (C=O) groups excluding carboxylic acids is 2. The number of phenolic OH excluding ortho intramolecular Hbond substituents is 4. The maximum Gasteiger partial charge on any atom is 0.203 e. The number of halogens is 1. The molecule has 0 unspecified atom stereocenters. The van der Waals surface area contributed by atoms with Crippen LogP contribution in [0.15, 0.2) is 36.4 Å². The van der Waals surface area contributed by atoms with Crippen molar-refractivity contribution in [3.05, 3.63) is 97.1 Å². The molecule has 2 atom stereocenters. The second-order valence-corrected chi connectivity index (χ2v) is 11.1. The van der Waals surface area contributed by atoms with E-state index >= 15 is 0 Å². The van der Waals surface area contributed by atoms with Gasteiger partial charge in [0.1, 0.15) is 23.0 Å². The molecule has 10 heteroatoms. The Labute approximate surface area is 251 Å². The lowest BCUT2D eigenvalue weighted by molar-refractivity contribution is 0.101. The Morgan fingerprint density at radius 3 is 1.65 bits per heavy atom. The summed E-state index contributed by atoms with van der Waals surface area (Å²) >= 11 is 6.77. The van der Waals surface area contributed by atoms with E-state index in [-0.39, 0.29) is 55.7 Å². The van der Waals surface area contributed by atoms with E-state index in [2.05, 4.69) is 0 Å². The Morgan fingerprint density at radius 2 is 1.12 bits per heavy atom. The zero-order chi connectivity index (χ0) is 31.1. The largest absolute Gasteiger partial charge is 0.507 e. The molecule has 0 spiro atoms. The van der Waals surface area contributed by atoms with Crippen LogP contribution < -0.4 is 14.2 Å². The van der Waals surface area contributed by atoms with Crippen LogP contribution in [-0.2, 0) is 0 Å². The summed E-state index contributed by atoms with van der Waals surface area (Å²) in [7, 11) is 4.11. The molecule has 2 aliphatic carbocycles. The van der Waals surface area contributed by atoms with Crippen LogP contribution in [0.2, 0.25) is 5.02 Å². The van der Waals surface area contributed by atoms with E-state index < -0.39 is 46.4 Å². The van der Waals surface area contributed by atoms with Gasteiger partial charge in [0.05, 0.1) is 48.6 Å². The monoisotopic (exact) mass is 602 g/mol. The van der Waals surface area contributed by atoms with Gasteiger partial charge in [-0.25, -0.2) is 0 Å². The van der Waals surface area contributed by atoms with Gasteiger partial charge in [-0.05, 0) is 65.4 Å². The van der Waals surface area contributed by atoms with Crippen molar-refractivity contribution in [1.29, 1.82) is 0 Å². The zero-order valence-corrected chi connectivity index (χ0v) is 24.6. The standard InChI is InChI=1S/C33H27ClO9/c1-12-6-14-22(16-10-19(37)33(43-5)32(40)26(16)30(38)23(14)20(8-12)41-3)25-15-7-13(2)9-21(42-4)24(15)31(39)27-17(35)11-18(36)29(34)28(25)27/h6-11,22,25,35-37,40H,1-5H3/t22-,25+/m1/s1. The van der Waals surface area contributed by atoms with Crippen LogP contribution in [0.5, 0.6) is 40.2 Å². The zero-order valence-electron chi connectivity index (χ0n) is 23.8. The molecule has 6 rings (SSSR count). The molecule has 4 aromatic carbocycles. The molecular weight excluding hydrogens is 576 g/mol. The number of ketones is 2. The molecule has 43 heavy (non-hydrogen) atoms. The minimum atomic E-state index is -0.939. The maximum absolute atomic E-state index is 14.1. The van der Waals surface area contributed by atoms with Crippen molar-refractivity contribution in [3.8, 4) is 40.2 Å². The number of fused-ring (bicyclic) bond motifs is 4. The lowest BCUT2D eigenvalue weighted by Crippen LogP contribution is -2.30. The van der Waals surface area contributed by atoms with Gasteiger partial charge in [0.15, 0.2) is 11.5 Å². The Morgan fingerprint density at radius 1 is 0.605 bits per heavy atom. The molecular formula is C33H27ClO9. The summed E-state index contributed by atoms with van der Waals surface area (Å²) in [5.74, 6) is -4.68. The van der Waals surface area contributed by atoms with Crippen molar-refractivity contribution in [2.75, 3.05) is 21.3 Å². The number of rotatable bonds is 4. The summed E-state index contributed by atoms with van der Waals surface area (Å²) in [6, 6.07) is 9.31. The number of benzene rings is 4. The third kappa shape index (κ3) is 3.84. The second kappa shape index (κ2) is 9.84. The number of hydrogen-bond acceptors (Lipinski definition) is 9. The summed E-state index contributed by atoms with van der Waals surface area (Å²) in [4.78, 5) is 28.2. The highest BCUT2D eigenvalue weighted by Gasteiger charge is 2.47. The first-order chi connectivity index (χ1) is 20.4. The average molecular weight is 603 g/mol. The van der Waals surface area contributed by atoms with Crippen molar-refractivity contribution in [1.82, 2.24) is 0 Å². The molecule has 0 radical (unpaired) electrons. The van der Waals surface area contributed by atoms with Crippen molar-refractivity contribution < 1.29 is 44.2 Å². The lowest BCUT2D eigenvalue weighted by atomic mass is 9.63. The fourth-order valence-electron chi connectivity index (χ4n) is 6.66. The number of ether oxygens (including phenoxy) is 3. The van der Waals surface area contributed by atoms with Crippen molar-refractivity contribution >= 4 is 23.2 Å². The highest BCUT2D eigenvalue weighted by molar-refractivity contribution is 6.34. The highest BCUT2D eigenvalue weighted by atomic mass is 35.5. The fourth-order valence-corrected chi connectivity index (χ4v) is 6.93. The number of hydrogen-bond donors (Lipinski definition) is 4. The molecule has 0 aliphatic heterocycles. The van der Waals surface area contributed by atoms with E-state index in [1.807, 2.05) is 13.8 Å². The van der Waals surface area contributed by atoms with E-state index in [1.54, 1.807) is 24.3 Å². The van der Waals surface area contributed by atoms with Crippen LogP contribution in [-0.4, -0.2) is 53.3 Å². The topological polar surface area (TPSA) is 143 Å². The molecule has 0 aromatic heterocycles. The molecule has 0 saturated heterocycles. The van der Waals surface area contributed by atoms with Crippen molar-refractivity contribution in [2.45, 2.75) is 25.7 Å². The first-order valence-electron chi connectivity index (χ1n) is 13.3. The second-order valence-electron chi connectivity index (χ2n) is 10.7. The van der Waals surface area contributed by atoms with Gasteiger partial charge in [-0.3, -0.25) is 9.59 Å². The molecule has 0 heterocycles. The normalized spacial score (nSPS) is 16.6. The average Bonchev–Trinajstić information content (AvgIpc) is 2.95. The van der Waals surface area contributed by atoms with Gasteiger partial charge >= 0.3 is 0 Å². The molecule has 4 aromatic rings. The Hall–Kier alpha value is -4.89. The van der Waals surface area contributed by atoms with Gasteiger partial charge in [-0.15, -0.1) is 0 Å². The maximum atomic E-state index is 14.1. The van der Waals surface area contributed by atoms with Gasteiger partial charge in [-0.2, -0.15) is 0 Å². The van der Waals surface area contributed by atoms with Gasteiger partial charge in [0.25, 0.3) is 0 Å². The van der Waals surface area contributed by atoms with E-state index in [0.717, 1.165) is 17.2 Å². The molecule has 220 valence electrons. The summed E-state index contributed by atoms with van der Waals surface area (Å²) in [6.45, 7) is 3.65. The number of methoxy groups -OCH3 is 3. The molecule has 9 nitrogen and oxygen atoms in total. The molecule has 0 amide bonds. The molecule has 0 fully saturated rings. The quantitative estimate of drug-likeness (QED) is 0.226. The Bertz CT molecular complexity index is 1910. The van der Waals surface area contributed by atoms with Crippen LogP contribution in [0.25, 0.3) is 0 Å². The van der Waals surface area contributed by atoms with Crippen LogP contribution in [0.3, 0.4) is 0 Å². The van der Waals surface area contributed by atoms with Gasteiger partial charge in [0.2, 0.25) is 17.3 Å². The number of aromatic hydroxyl groups is 4. The van der Waals surface area contributed by atoms with Gasteiger partial charge in [0, 0.05) is 17.9 Å².